The minimum absolute atomic E-state index is 0.0228. The van der Waals surface area contributed by atoms with Crippen LogP contribution in [0.3, 0.4) is 0 Å². The van der Waals surface area contributed by atoms with Crippen molar-refractivity contribution in [1.82, 2.24) is 5.32 Å². The fourth-order valence-electron chi connectivity index (χ4n) is 2.02. The fourth-order valence-corrected chi connectivity index (χ4v) is 2.51. The van der Waals surface area contributed by atoms with E-state index in [0.717, 1.165) is 0 Å². The summed E-state index contributed by atoms with van der Waals surface area (Å²) in [7, 11) is -2.34. The van der Waals surface area contributed by atoms with Gasteiger partial charge in [-0.2, -0.15) is 8.42 Å². The van der Waals surface area contributed by atoms with E-state index < -0.39 is 22.3 Å². The molecule has 5 N–H and O–H groups in total. The van der Waals surface area contributed by atoms with E-state index in [4.69, 9.17) is 19.8 Å². The second-order valence-electron chi connectivity index (χ2n) is 5.97. The summed E-state index contributed by atoms with van der Waals surface area (Å²) >= 11 is 0. The van der Waals surface area contributed by atoms with Gasteiger partial charge in [0.15, 0.2) is 0 Å². The van der Waals surface area contributed by atoms with Gasteiger partial charge >= 0.3 is 6.09 Å². The van der Waals surface area contributed by atoms with Gasteiger partial charge in [-0.1, -0.05) is 17.9 Å². The van der Waals surface area contributed by atoms with Crippen molar-refractivity contribution < 1.29 is 32.0 Å². The lowest BCUT2D eigenvalue weighted by molar-refractivity contribution is -0.117. The van der Waals surface area contributed by atoms with Gasteiger partial charge in [0.05, 0.1) is 11.8 Å². The lowest BCUT2D eigenvalue weighted by Gasteiger charge is -2.12. The molecule has 0 spiro atoms. The van der Waals surface area contributed by atoms with Crippen LogP contribution in [0.4, 0.5) is 10.5 Å². The normalized spacial score (nSPS) is 11.8. The average Bonchev–Trinajstić information content (AvgIpc) is 2.64. The van der Waals surface area contributed by atoms with Gasteiger partial charge in [0, 0.05) is 23.4 Å². The van der Waals surface area contributed by atoms with Crippen LogP contribution >= 0.6 is 0 Å². The Bertz CT molecular complexity index is 875. The molecule has 29 heavy (non-hydrogen) atoms. The molecule has 0 bridgehead atoms. The summed E-state index contributed by atoms with van der Waals surface area (Å²) in [4.78, 5) is 22.9. The number of ether oxygens (including phenoxy) is 2. The number of hydrogen-bond acceptors (Lipinski definition) is 7. The van der Waals surface area contributed by atoms with Crippen LogP contribution in [0.1, 0.15) is 24.5 Å². The van der Waals surface area contributed by atoms with E-state index in [9.17, 15) is 18.0 Å². The Kier molecular flexibility index (Phi) is 10.1. The average molecular weight is 427 g/mol. The molecule has 0 fully saturated rings. The monoisotopic (exact) mass is 427 g/mol. The number of benzene rings is 1. The number of likely N-dealkylation sites (N-methyl/N-ethyl adjacent to an activating group) is 1. The maximum atomic E-state index is 12.0. The third-order valence-corrected chi connectivity index (χ3v) is 4.47. The third kappa shape index (κ3) is 10.5. The van der Waals surface area contributed by atoms with Gasteiger partial charge in [-0.05, 0) is 32.5 Å². The second-order valence-corrected chi connectivity index (χ2v) is 7.55. The molecule has 1 aromatic carbocycles. The van der Waals surface area contributed by atoms with E-state index in [2.05, 4.69) is 22.5 Å². The first-order chi connectivity index (χ1) is 13.6. The predicted octanol–water partition coefficient (Wildman–Crippen LogP) is 0.474. The summed E-state index contributed by atoms with van der Waals surface area (Å²) in [6.45, 7) is 1.76. The number of hydrogen-bond donors (Lipinski definition) is 4. The molecule has 1 atom stereocenters. The smallest absolute Gasteiger partial charge is 0.404 e. The van der Waals surface area contributed by atoms with Gasteiger partial charge in [0.1, 0.15) is 13.2 Å². The van der Waals surface area contributed by atoms with Crippen molar-refractivity contribution in [2.24, 2.45) is 5.73 Å². The maximum Gasteiger partial charge on any atom is 0.404 e. The zero-order valence-corrected chi connectivity index (χ0v) is 17.0. The van der Waals surface area contributed by atoms with Crippen molar-refractivity contribution >= 4 is 27.8 Å². The van der Waals surface area contributed by atoms with Gasteiger partial charge in [-0.25, -0.2) is 4.79 Å². The van der Waals surface area contributed by atoms with Crippen molar-refractivity contribution in [2.75, 3.05) is 31.3 Å². The van der Waals surface area contributed by atoms with Crippen molar-refractivity contribution in [3.8, 4) is 11.8 Å². The molecule has 0 saturated heterocycles. The summed E-state index contributed by atoms with van der Waals surface area (Å²) in [5, 5.41) is 5.57. The quantitative estimate of drug-likeness (QED) is 0.238. The minimum atomic E-state index is -4.01. The number of rotatable bonds is 10. The van der Waals surface area contributed by atoms with Crippen LogP contribution in [0, 0.1) is 11.8 Å². The van der Waals surface area contributed by atoms with Crippen LogP contribution in [0.25, 0.3) is 0 Å². The first kappa shape index (κ1) is 24.4. The summed E-state index contributed by atoms with van der Waals surface area (Å²) in [5.41, 5.74) is 6.59. The minimum Gasteiger partial charge on any atom is -0.445 e. The van der Waals surface area contributed by atoms with Crippen molar-refractivity contribution in [3.05, 3.63) is 29.3 Å². The van der Waals surface area contributed by atoms with Crippen LogP contribution < -0.4 is 16.4 Å². The van der Waals surface area contributed by atoms with Gasteiger partial charge in [0.25, 0.3) is 10.1 Å². The van der Waals surface area contributed by atoms with E-state index in [1.54, 1.807) is 32.2 Å². The molecule has 0 aliphatic heterocycles. The highest BCUT2D eigenvalue weighted by Crippen LogP contribution is 2.17. The van der Waals surface area contributed by atoms with Gasteiger partial charge in [0.2, 0.25) is 5.91 Å². The molecule has 0 heterocycles. The molecule has 1 rings (SSSR count). The first-order valence-corrected chi connectivity index (χ1v) is 10.3. The molecule has 0 aliphatic rings. The number of amides is 2. The van der Waals surface area contributed by atoms with Gasteiger partial charge in [-0.15, -0.1) is 0 Å². The Morgan fingerprint density at radius 1 is 1.34 bits per heavy atom. The maximum absolute atomic E-state index is 12.0. The highest BCUT2D eigenvalue weighted by Gasteiger charge is 2.11. The Morgan fingerprint density at radius 2 is 2.07 bits per heavy atom. The zero-order chi connectivity index (χ0) is 21.9. The number of carbonyl (C=O) groups is 2. The van der Waals surface area contributed by atoms with Crippen LogP contribution in [-0.2, 0) is 31.0 Å². The van der Waals surface area contributed by atoms with Gasteiger partial charge < -0.3 is 25.8 Å². The molecule has 11 heteroatoms. The van der Waals surface area contributed by atoms with Crippen molar-refractivity contribution in [1.29, 1.82) is 0 Å². The molecule has 160 valence electrons. The topological polar surface area (TPSA) is 157 Å². The lowest BCUT2D eigenvalue weighted by atomic mass is 10.1. The van der Waals surface area contributed by atoms with E-state index in [1.807, 2.05) is 0 Å². The molecule has 0 radical (unpaired) electrons. The Morgan fingerprint density at radius 3 is 2.69 bits per heavy atom. The second kappa shape index (κ2) is 12.0. The van der Waals surface area contributed by atoms with Crippen LogP contribution in [0.2, 0.25) is 0 Å². The zero-order valence-electron chi connectivity index (χ0n) is 16.2. The molecular weight excluding hydrogens is 402 g/mol. The number of carbonyl (C=O) groups excluding carboxylic acids is 2. The fraction of sp³-hybridized carbons (Fsp3) is 0.444. The van der Waals surface area contributed by atoms with E-state index >= 15 is 0 Å². The molecule has 0 aliphatic carbocycles. The summed E-state index contributed by atoms with van der Waals surface area (Å²) < 4.78 is 39.9. The summed E-state index contributed by atoms with van der Waals surface area (Å²) in [6.07, 6.45) is -0.782. The molecule has 1 aromatic rings. The number of anilines is 1. The highest BCUT2D eigenvalue weighted by molar-refractivity contribution is 7.85. The molecule has 0 saturated carbocycles. The van der Waals surface area contributed by atoms with Crippen molar-refractivity contribution in [2.45, 2.75) is 26.0 Å². The van der Waals surface area contributed by atoms with E-state index in [1.165, 1.54) is 0 Å². The lowest BCUT2D eigenvalue weighted by Crippen LogP contribution is -2.35. The molecular formula is C18H25N3O7S. The van der Waals surface area contributed by atoms with E-state index in [0.29, 0.717) is 16.8 Å². The van der Waals surface area contributed by atoms with Crippen LogP contribution in [0.5, 0.6) is 0 Å². The molecule has 0 aromatic heterocycles. The number of nitrogens with two attached hydrogens (primary N) is 1. The highest BCUT2D eigenvalue weighted by atomic mass is 32.2. The summed E-state index contributed by atoms with van der Waals surface area (Å²) in [6, 6.07) is 4.54. The van der Waals surface area contributed by atoms with Crippen LogP contribution in [0.15, 0.2) is 18.2 Å². The first-order valence-electron chi connectivity index (χ1n) is 8.67. The van der Waals surface area contributed by atoms with Crippen LogP contribution in [-0.4, -0.2) is 57.0 Å². The Balaban J connectivity index is 2.80. The molecule has 1 unspecified atom stereocenters. The standard InChI is InChI=1S/C18H25N3O7S/c1-13(20-2)17(22)21-16-7-6-15(12-28-18(19)23)14(11-16)5-3-8-27-9-4-10-29(24,25)26/h6-7,11,13,20H,4,8-10,12H2,1-2H3,(H2,19,23)(H,21,22)(H,24,25,26). The number of primary amides is 1. The Hall–Kier alpha value is -2.65. The largest absolute Gasteiger partial charge is 0.445 e. The number of nitrogens with one attached hydrogen (secondary N) is 2. The van der Waals surface area contributed by atoms with E-state index in [-0.39, 0.29) is 37.9 Å². The Labute approximate surface area is 169 Å². The van der Waals surface area contributed by atoms with Gasteiger partial charge in [-0.3, -0.25) is 9.35 Å². The predicted molar refractivity (Wildman–Crippen MR) is 107 cm³/mol. The SMILES string of the molecule is CNC(C)C(=O)Nc1ccc(COC(N)=O)c(C#CCOCCCS(=O)(=O)O)c1. The van der Waals surface area contributed by atoms with Crippen molar-refractivity contribution in [3.63, 3.8) is 0 Å². The molecule has 2 amide bonds. The summed E-state index contributed by atoms with van der Waals surface area (Å²) in [5.74, 6) is 5.01. The molecule has 10 nitrogen and oxygen atoms in total. The third-order valence-electron chi connectivity index (χ3n) is 3.66.